The second-order valence-electron chi connectivity index (χ2n) is 6.78. The van der Waals surface area contributed by atoms with Crippen LogP contribution in [0.2, 0.25) is 0 Å². The molecule has 2 aliphatic heterocycles. The molecule has 1 saturated carbocycles. The second kappa shape index (κ2) is 7.21. The van der Waals surface area contributed by atoms with Crippen molar-refractivity contribution in [3.05, 3.63) is 0 Å². The lowest BCUT2D eigenvalue weighted by atomic mass is 9.91. The molecule has 3 rings (SSSR count). The van der Waals surface area contributed by atoms with Crippen LogP contribution in [0.15, 0.2) is 0 Å². The second-order valence-corrected chi connectivity index (χ2v) is 6.78. The average Bonchev–Trinajstić information content (AvgIpc) is 2.45. The number of rotatable bonds is 5. The quantitative estimate of drug-likeness (QED) is 0.831. The Balaban J connectivity index is 1.30. The summed E-state index contributed by atoms with van der Waals surface area (Å²) in [6.45, 7) is 6.20. The summed E-state index contributed by atoms with van der Waals surface area (Å²) in [5.41, 5.74) is 0. The van der Waals surface area contributed by atoms with Crippen molar-refractivity contribution in [2.75, 3.05) is 39.8 Å². The lowest BCUT2D eigenvalue weighted by molar-refractivity contribution is -0.126. The Kier molecular flexibility index (Phi) is 5.32. The smallest absolute Gasteiger partial charge is 0.0628 e. The van der Waals surface area contributed by atoms with Crippen LogP contribution in [0.25, 0.3) is 0 Å². The predicted molar refractivity (Wildman–Crippen MR) is 80.0 cm³/mol. The van der Waals surface area contributed by atoms with Gasteiger partial charge in [0.1, 0.15) is 0 Å². The molecular weight excluding hydrogens is 252 g/mol. The number of methoxy groups -OCH3 is 1. The van der Waals surface area contributed by atoms with Crippen LogP contribution in [-0.4, -0.2) is 63.0 Å². The topological polar surface area (TPSA) is 33.7 Å². The Hall–Kier alpha value is -0.160. The van der Waals surface area contributed by atoms with Crippen molar-refractivity contribution >= 4 is 0 Å². The van der Waals surface area contributed by atoms with E-state index in [2.05, 4.69) is 10.2 Å². The fraction of sp³-hybridized carbons (Fsp3) is 1.00. The molecule has 0 radical (unpaired) electrons. The zero-order valence-electron chi connectivity index (χ0n) is 12.9. The van der Waals surface area contributed by atoms with Gasteiger partial charge in [-0.05, 0) is 57.5 Å². The molecule has 1 aliphatic carbocycles. The van der Waals surface area contributed by atoms with Crippen molar-refractivity contribution in [2.24, 2.45) is 5.92 Å². The van der Waals surface area contributed by atoms with Crippen LogP contribution in [0, 0.1) is 5.92 Å². The molecule has 2 heterocycles. The normalized spacial score (nSPS) is 34.0. The van der Waals surface area contributed by atoms with Gasteiger partial charge in [-0.15, -0.1) is 0 Å². The van der Waals surface area contributed by atoms with Gasteiger partial charge in [0, 0.05) is 26.7 Å². The number of hydrogen-bond donors (Lipinski definition) is 1. The zero-order valence-corrected chi connectivity index (χ0v) is 12.9. The molecular formula is C16H30N2O2. The molecule has 116 valence electrons. The zero-order chi connectivity index (χ0) is 13.8. The van der Waals surface area contributed by atoms with Crippen LogP contribution in [0.5, 0.6) is 0 Å². The van der Waals surface area contributed by atoms with Crippen LogP contribution in [0.3, 0.4) is 0 Å². The number of nitrogens with zero attached hydrogens (tertiary/aromatic N) is 1. The number of piperidine rings is 2. The number of nitrogens with one attached hydrogen (secondary N) is 1. The molecule has 0 spiro atoms. The Morgan fingerprint density at radius 1 is 0.950 bits per heavy atom. The van der Waals surface area contributed by atoms with Crippen molar-refractivity contribution in [1.82, 2.24) is 10.2 Å². The minimum Gasteiger partial charge on any atom is -0.381 e. The van der Waals surface area contributed by atoms with Crippen LogP contribution in [0.4, 0.5) is 0 Å². The van der Waals surface area contributed by atoms with Crippen molar-refractivity contribution in [3.8, 4) is 0 Å². The van der Waals surface area contributed by atoms with E-state index in [1.54, 1.807) is 7.11 Å². The van der Waals surface area contributed by atoms with Gasteiger partial charge in [0.2, 0.25) is 0 Å². The van der Waals surface area contributed by atoms with E-state index in [0.29, 0.717) is 18.3 Å². The summed E-state index contributed by atoms with van der Waals surface area (Å²) in [4.78, 5) is 2.66. The van der Waals surface area contributed by atoms with Crippen LogP contribution in [0.1, 0.15) is 38.5 Å². The van der Waals surface area contributed by atoms with E-state index in [0.717, 1.165) is 18.8 Å². The molecule has 0 unspecified atom stereocenters. The summed E-state index contributed by atoms with van der Waals surface area (Å²) >= 11 is 0. The molecule has 0 amide bonds. The standard InChI is InChI=1S/C16H30N2O2/c1-19-15-10-16(11-15)20-14-4-8-18(9-5-14)12-13-2-6-17-7-3-13/h13-17H,2-12H2,1H3/t15-,16-. The van der Waals surface area contributed by atoms with E-state index in [4.69, 9.17) is 9.47 Å². The molecule has 1 N–H and O–H groups in total. The summed E-state index contributed by atoms with van der Waals surface area (Å²) in [6.07, 6.45) is 8.80. The van der Waals surface area contributed by atoms with Gasteiger partial charge in [-0.1, -0.05) is 0 Å². The van der Waals surface area contributed by atoms with E-state index in [-0.39, 0.29) is 0 Å². The maximum Gasteiger partial charge on any atom is 0.0628 e. The maximum atomic E-state index is 6.18. The highest BCUT2D eigenvalue weighted by molar-refractivity contribution is 4.84. The molecule has 4 heteroatoms. The minimum absolute atomic E-state index is 0.458. The first-order valence-electron chi connectivity index (χ1n) is 8.45. The third kappa shape index (κ3) is 3.94. The summed E-state index contributed by atoms with van der Waals surface area (Å²) in [5.74, 6) is 0.919. The van der Waals surface area contributed by atoms with Crippen LogP contribution < -0.4 is 5.32 Å². The number of hydrogen-bond acceptors (Lipinski definition) is 4. The highest BCUT2D eigenvalue weighted by atomic mass is 16.5. The van der Waals surface area contributed by atoms with Gasteiger partial charge in [-0.3, -0.25) is 0 Å². The Labute approximate surface area is 123 Å². The summed E-state index contributed by atoms with van der Waals surface area (Å²) in [5, 5.41) is 3.45. The molecule has 0 aromatic rings. The van der Waals surface area contributed by atoms with Crippen molar-refractivity contribution in [1.29, 1.82) is 0 Å². The lowest BCUT2D eigenvalue weighted by Crippen LogP contribution is -2.45. The van der Waals surface area contributed by atoms with E-state index in [1.165, 1.54) is 58.4 Å². The summed E-state index contributed by atoms with van der Waals surface area (Å²) in [6, 6.07) is 0. The molecule has 4 nitrogen and oxygen atoms in total. The van der Waals surface area contributed by atoms with Crippen molar-refractivity contribution in [2.45, 2.75) is 56.8 Å². The number of ether oxygens (including phenoxy) is 2. The third-order valence-corrected chi connectivity index (χ3v) is 5.28. The number of likely N-dealkylation sites (tertiary alicyclic amines) is 1. The van der Waals surface area contributed by atoms with Crippen LogP contribution >= 0.6 is 0 Å². The molecule has 3 fully saturated rings. The van der Waals surface area contributed by atoms with Crippen molar-refractivity contribution < 1.29 is 9.47 Å². The van der Waals surface area contributed by atoms with Crippen LogP contribution in [-0.2, 0) is 9.47 Å². The van der Waals surface area contributed by atoms with Gasteiger partial charge in [-0.2, -0.15) is 0 Å². The molecule has 0 aromatic heterocycles. The Morgan fingerprint density at radius 3 is 2.30 bits per heavy atom. The molecule has 0 atom stereocenters. The first-order valence-corrected chi connectivity index (χ1v) is 8.45. The summed E-state index contributed by atoms with van der Waals surface area (Å²) in [7, 11) is 1.81. The third-order valence-electron chi connectivity index (χ3n) is 5.28. The average molecular weight is 282 g/mol. The van der Waals surface area contributed by atoms with Gasteiger partial charge in [0.05, 0.1) is 18.3 Å². The highest BCUT2D eigenvalue weighted by Gasteiger charge is 2.33. The largest absolute Gasteiger partial charge is 0.381 e. The fourth-order valence-corrected chi connectivity index (χ4v) is 3.75. The van der Waals surface area contributed by atoms with Gasteiger partial charge in [0.25, 0.3) is 0 Å². The highest BCUT2D eigenvalue weighted by Crippen LogP contribution is 2.29. The Bertz CT molecular complexity index is 280. The molecule has 20 heavy (non-hydrogen) atoms. The maximum absolute atomic E-state index is 6.18. The summed E-state index contributed by atoms with van der Waals surface area (Å²) < 4.78 is 11.5. The first kappa shape index (κ1) is 14.8. The van der Waals surface area contributed by atoms with E-state index in [9.17, 15) is 0 Å². The molecule has 0 aromatic carbocycles. The Morgan fingerprint density at radius 2 is 1.65 bits per heavy atom. The van der Waals surface area contributed by atoms with Gasteiger partial charge < -0.3 is 19.7 Å². The van der Waals surface area contributed by atoms with Gasteiger partial charge in [-0.25, -0.2) is 0 Å². The fourth-order valence-electron chi connectivity index (χ4n) is 3.75. The van der Waals surface area contributed by atoms with Gasteiger partial charge in [0.15, 0.2) is 0 Å². The van der Waals surface area contributed by atoms with E-state index < -0.39 is 0 Å². The van der Waals surface area contributed by atoms with Gasteiger partial charge >= 0.3 is 0 Å². The van der Waals surface area contributed by atoms with E-state index in [1.807, 2.05) is 0 Å². The molecule has 2 saturated heterocycles. The SMILES string of the molecule is CO[C@H]1C[C@H](OC2CCN(CC3CCNCC3)CC2)C1. The van der Waals surface area contributed by atoms with E-state index >= 15 is 0 Å². The lowest BCUT2D eigenvalue weighted by Gasteiger charge is -2.40. The molecule has 0 bridgehead atoms. The first-order chi connectivity index (χ1) is 9.83. The minimum atomic E-state index is 0.458. The van der Waals surface area contributed by atoms with Crippen molar-refractivity contribution in [3.63, 3.8) is 0 Å². The predicted octanol–water partition coefficient (Wildman–Crippen LogP) is 1.64. The monoisotopic (exact) mass is 282 g/mol. The molecule has 3 aliphatic rings.